The van der Waals surface area contributed by atoms with Gasteiger partial charge >= 0.3 is 0 Å². The SMILES string of the molecule is CC(=O)c1ccc(N2CCN(C(=O)[C@H]3CCC(=O)N3)CC2)cc1. The number of anilines is 1. The second kappa shape index (κ2) is 6.40. The Morgan fingerprint density at radius 1 is 1.09 bits per heavy atom. The summed E-state index contributed by atoms with van der Waals surface area (Å²) in [6.45, 7) is 4.37. The van der Waals surface area contributed by atoms with Crippen molar-refractivity contribution in [3.05, 3.63) is 29.8 Å². The van der Waals surface area contributed by atoms with Crippen LogP contribution in [0.3, 0.4) is 0 Å². The summed E-state index contributed by atoms with van der Waals surface area (Å²) >= 11 is 0. The molecule has 0 unspecified atom stereocenters. The molecule has 2 heterocycles. The molecule has 2 saturated heterocycles. The first-order valence-electron chi connectivity index (χ1n) is 7.99. The maximum atomic E-state index is 12.4. The number of nitrogens with one attached hydrogen (secondary N) is 1. The van der Waals surface area contributed by atoms with Gasteiger partial charge in [0, 0.05) is 43.9 Å². The van der Waals surface area contributed by atoms with Crippen molar-refractivity contribution in [2.45, 2.75) is 25.8 Å². The summed E-state index contributed by atoms with van der Waals surface area (Å²) in [5, 5.41) is 2.73. The van der Waals surface area contributed by atoms with Crippen LogP contribution in [-0.4, -0.2) is 54.7 Å². The van der Waals surface area contributed by atoms with Gasteiger partial charge in [-0.05, 0) is 37.6 Å². The van der Waals surface area contributed by atoms with Gasteiger partial charge in [-0.15, -0.1) is 0 Å². The van der Waals surface area contributed by atoms with Crippen molar-refractivity contribution >= 4 is 23.3 Å². The van der Waals surface area contributed by atoms with Crippen molar-refractivity contribution < 1.29 is 14.4 Å². The van der Waals surface area contributed by atoms with Crippen LogP contribution in [0.15, 0.2) is 24.3 Å². The lowest BCUT2D eigenvalue weighted by molar-refractivity contribution is -0.134. The van der Waals surface area contributed by atoms with Crippen molar-refractivity contribution in [3.8, 4) is 0 Å². The molecule has 2 aliphatic heterocycles. The van der Waals surface area contributed by atoms with Crippen molar-refractivity contribution in [2.75, 3.05) is 31.1 Å². The van der Waals surface area contributed by atoms with E-state index < -0.39 is 0 Å². The average Bonchev–Trinajstić information content (AvgIpc) is 3.01. The number of piperazine rings is 1. The molecule has 0 bridgehead atoms. The van der Waals surface area contributed by atoms with E-state index in [0.717, 1.165) is 18.8 Å². The van der Waals surface area contributed by atoms with Gasteiger partial charge in [-0.3, -0.25) is 14.4 Å². The summed E-state index contributed by atoms with van der Waals surface area (Å²) in [5.74, 6) is 0.0561. The first-order valence-corrected chi connectivity index (χ1v) is 7.99. The summed E-state index contributed by atoms with van der Waals surface area (Å²) in [6, 6.07) is 7.23. The monoisotopic (exact) mass is 315 g/mol. The Morgan fingerprint density at radius 2 is 1.74 bits per heavy atom. The maximum Gasteiger partial charge on any atom is 0.245 e. The zero-order valence-corrected chi connectivity index (χ0v) is 13.2. The third-order valence-electron chi connectivity index (χ3n) is 4.52. The molecule has 0 spiro atoms. The number of carbonyl (C=O) groups excluding carboxylic acids is 3. The second-order valence-electron chi connectivity index (χ2n) is 6.07. The van der Waals surface area contributed by atoms with Gasteiger partial charge in [0.25, 0.3) is 0 Å². The van der Waals surface area contributed by atoms with Crippen LogP contribution >= 0.6 is 0 Å². The van der Waals surface area contributed by atoms with Gasteiger partial charge in [0.2, 0.25) is 11.8 Å². The van der Waals surface area contributed by atoms with Crippen molar-refractivity contribution in [2.24, 2.45) is 0 Å². The lowest BCUT2D eigenvalue weighted by atomic mass is 10.1. The summed E-state index contributed by atoms with van der Waals surface area (Å²) < 4.78 is 0. The Kier molecular flexibility index (Phi) is 4.32. The van der Waals surface area contributed by atoms with Crippen LogP contribution in [0.4, 0.5) is 5.69 Å². The van der Waals surface area contributed by atoms with Crippen molar-refractivity contribution in [3.63, 3.8) is 0 Å². The van der Waals surface area contributed by atoms with Gasteiger partial charge in [-0.2, -0.15) is 0 Å². The van der Waals surface area contributed by atoms with Crippen molar-refractivity contribution in [1.29, 1.82) is 0 Å². The highest BCUT2D eigenvalue weighted by Crippen LogP contribution is 2.19. The Morgan fingerprint density at radius 3 is 2.26 bits per heavy atom. The topological polar surface area (TPSA) is 69.7 Å². The largest absolute Gasteiger partial charge is 0.368 e. The van der Waals surface area contributed by atoms with Crippen LogP contribution in [0.5, 0.6) is 0 Å². The fourth-order valence-electron chi connectivity index (χ4n) is 3.11. The van der Waals surface area contributed by atoms with Gasteiger partial charge < -0.3 is 15.1 Å². The molecule has 2 aliphatic rings. The number of Topliss-reactive ketones (excluding diaryl/α,β-unsaturated/α-hetero) is 1. The number of nitrogens with zero attached hydrogens (tertiary/aromatic N) is 2. The molecule has 0 saturated carbocycles. The highest BCUT2D eigenvalue weighted by molar-refractivity contribution is 5.94. The zero-order chi connectivity index (χ0) is 16.4. The number of rotatable bonds is 3. The summed E-state index contributed by atoms with van der Waals surface area (Å²) in [6.07, 6.45) is 1.04. The van der Waals surface area contributed by atoms with Crippen LogP contribution < -0.4 is 10.2 Å². The van der Waals surface area contributed by atoms with Gasteiger partial charge in [0.05, 0.1) is 0 Å². The standard InChI is InChI=1S/C17H21N3O3/c1-12(21)13-2-4-14(5-3-13)19-8-10-20(11-9-19)17(23)15-6-7-16(22)18-15/h2-5,15H,6-11H2,1H3,(H,18,22)/t15-/m1/s1. The molecule has 122 valence electrons. The number of benzene rings is 1. The first kappa shape index (κ1) is 15.5. The molecule has 1 atom stereocenters. The average molecular weight is 315 g/mol. The van der Waals surface area contributed by atoms with E-state index in [1.54, 1.807) is 6.92 Å². The van der Waals surface area contributed by atoms with E-state index in [2.05, 4.69) is 10.2 Å². The third kappa shape index (κ3) is 3.36. The molecule has 2 fully saturated rings. The molecule has 0 aromatic heterocycles. The van der Waals surface area contributed by atoms with Gasteiger partial charge in [-0.25, -0.2) is 0 Å². The molecule has 23 heavy (non-hydrogen) atoms. The number of ketones is 1. The lowest BCUT2D eigenvalue weighted by Crippen LogP contribution is -2.53. The van der Waals surface area contributed by atoms with Crippen LogP contribution in [0.2, 0.25) is 0 Å². The van der Waals surface area contributed by atoms with E-state index >= 15 is 0 Å². The highest BCUT2D eigenvalue weighted by atomic mass is 16.2. The molecular formula is C17H21N3O3. The lowest BCUT2D eigenvalue weighted by Gasteiger charge is -2.37. The predicted octanol–water partition coefficient (Wildman–Crippen LogP) is 0.816. The highest BCUT2D eigenvalue weighted by Gasteiger charge is 2.32. The fourth-order valence-corrected chi connectivity index (χ4v) is 3.11. The quantitative estimate of drug-likeness (QED) is 0.838. The second-order valence-corrected chi connectivity index (χ2v) is 6.07. The van der Waals surface area contributed by atoms with Gasteiger partial charge in [0.15, 0.2) is 5.78 Å². The molecule has 3 rings (SSSR count). The predicted molar refractivity (Wildman–Crippen MR) is 86.4 cm³/mol. The smallest absolute Gasteiger partial charge is 0.245 e. The minimum atomic E-state index is -0.344. The molecule has 2 amide bonds. The van der Waals surface area contributed by atoms with Crippen LogP contribution in [-0.2, 0) is 9.59 Å². The summed E-state index contributed by atoms with van der Waals surface area (Å²) in [4.78, 5) is 39.0. The molecule has 0 aliphatic carbocycles. The van der Waals surface area contributed by atoms with E-state index in [9.17, 15) is 14.4 Å². The van der Waals surface area contributed by atoms with E-state index in [0.29, 0.717) is 31.5 Å². The van der Waals surface area contributed by atoms with E-state index in [1.165, 1.54) is 0 Å². The minimum absolute atomic E-state index is 0.0300. The van der Waals surface area contributed by atoms with Crippen LogP contribution in [0, 0.1) is 0 Å². The Labute approximate surface area is 135 Å². The molecule has 1 aromatic rings. The van der Waals surface area contributed by atoms with Crippen LogP contribution in [0.25, 0.3) is 0 Å². The third-order valence-corrected chi connectivity index (χ3v) is 4.52. The Hall–Kier alpha value is -2.37. The number of carbonyl (C=O) groups is 3. The van der Waals surface area contributed by atoms with Gasteiger partial charge in [-0.1, -0.05) is 0 Å². The summed E-state index contributed by atoms with van der Waals surface area (Å²) in [5.41, 5.74) is 1.77. The van der Waals surface area contributed by atoms with Crippen LogP contribution in [0.1, 0.15) is 30.1 Å². The van der Waals surface area contributed by atoms with E-state index in [4.69, 9.17) is 0 Å². The van der Waals surface area contributed by atoms with Crippen molar-refractivity contribution in [1.82, 2.24) is 10.2 Å². The molecule has 0 radical (unpaired) electrons. The Balaban J connectivity index is 1.56. The summed E-state index contributed by atoms with van der Waals surface area (Å²) in [7, 11) is 0. The minimum Gasteiger partial charge on any atom is -0.368 e. The molecular weight excluding hydrogens is 294 g/mol. The van der Waals surface area contributed by atoms with E-state index in [1.807, 2.05) is 29.2 Å². The molecule has 6 nitrogen and oxygen atoms in total. The zero-order valence-electron chi connectivity index (χ0n) is 13.2. The number of amides is 2. The van der Waals surface area contributed by atoms with E-state index in [-0.39, 0.29) is 23.6 Å². The van der Waals surface area contributed by atoms with Gasteiger partial charge in [0.1, 0.15) is 6.04 Å². The number of hydrogen-bond acceptors (Lipinski definition) is 4. The fraction of sp³-hybridized carbons (Fsp3) is 0.471. The Bertz CT molecular complexity index is 618. The number of hydrogen-bond donors (Lipinski definition) is 1. The first-order chi connectivity index (χ1) is 11.0. The molecule has 6 heteroatoms. The normalized spacial score (nSPS) is 21.3. The maximum absolute atomic E-state index is 12.4. The molecule has 1 N–H and O–H groups in total. The molecule has 1 aromatic carbocycles.